The van der Waals surface area contributed by atoms with E-state index in [1.807, 2.05) is 0 Å². The molecule has 0 saturated carbocycles. The van der Waals surface area contributed by atoms with Crippen LogP contribution >= 0.6 is 0 Å². The predicted molar refractivity (Wildman–Crippen MR) is 37.5 cm³/mol. The lowest BCUT2D eigenvalue weighted by atomic mass is 10.0. The van der Waals surface area contributed by atoms with Crippen molar-refractivity contribution in [1.82, 2.24) is 0 Å². The predicted octanol–water partition coefficient (Wildman–Crippen LogP) is -0.568. The Morgan fingerprint density at radius 1 is 1.27 bits per heavy atom. The molecular weight excluding hydrogens is 148 g/mol. The van der Waals surface area contributed by atoms with E-state index in [0.29, 0.717) is 13.0 Å². The third-order valence-corrected chi connectivity index (χ3v) is 1.97. The molecule has 1 fully saturated rings. The van der Waals surface area contributed by atoms with E-state index in [1.54, 1.807) is 0 Å². The zero-order valence-corrected chi connectivity index (χ0v) is 6.31. The Morgan fingerprint density at radius 2 is 2.00 bits per heavy atom. The van der Waals surface area contributed by atoms with Gasteiger partial charge in [-0.25, -0.2) is 0 Å². The molecule has 0 bridgehead atoms. The molecule has 2 atom stereocenters. The standard InChI is InChI=1S/C7H14O4/c8-6(9)5-3-1-2-4-11-7(5)10/h5-10H,1-4H2. The number of hydrogen-bond acceptors (Lipinski definition) is 4. The minimum atomic E-state index is -1.47. The van der Waals surface area contributed by atoms with Gasteiger partial charge >= 0.3 is 0 Å². The summed E-state index contributed by atoms with van der Waals surface area (Å²) >= 11 is 0. The van der Waals surface area contributed by atoms with Crippen LogP contribution in [-0.4, -0.2) is 34.5 Å². The summed E-state index contributed by atoms with van der Waals surface area (Å²) in [5, 5.41) is 26.8. The highest BCUT2D eigenvalue weighted by Gasteiger charge is 2.27. The summed E-state index contributed by atoms with van der Waals surface area (Å²) < 4.78 is 4.91. The normalized spacial score (nSPS) is 33.8. The van der Waals surface area contributed by atoms with Crippen LogP contribution < -0.4 is 0 Å². The fraction of sp³-hybridized carbons (Fsp3) is 1.00. The first-order chi connectivity index (χ1) is 5.22. The minimum absolute atomic E-state index is 0.504. The Balaban J connectivity index is 2.45. The van der Waals surface area contributed by atoms with Gasteiger partial charge in [0.1, 0.15) is 0 Å². The van der Waals surface area contributed by atoms with Crippen LogP contribution in [0.2, 0.25) is 0 Å². The van der Waals surface area contributed by atoms with Crippen molar-refractivity contribution in [1.29, 1.82) is 0 Å². The minimum Gasteiger partial charge on any atom is -0.368 e. The Kier molecular flexibility index (Phi) is 3.26. The lowest BCUT2D eigenvalue weighted by molar-refractivity contribution is -0.195. The van der Waals surface area contributed by atoms with E-state index in [2.05, 4.69) is 0 Å². The number of aliphatic hydroxyl groups is 3. The molecule has 1 rings (SSSR count). The maximum atomic E-state index is 9.18. The van der Waals surface area contributed by atoms with Crippen LogP contribution in [-0.2, 0) is 4.74 Å². The van der Waals surface area contributed by atoms with Crippen molar-refractivity contribution in [3.05, 3.63) is 0 Å². The zero-order chi connectivity index (χ0) is 8.27. The van der Waals surface area contributed by atoms with E-state index in [-0.39, 0.29) is 0 Å². The van der Waals surface area contributed by atoms with Gasteiger partial charge in [0.05, 0.1) is 5.92 Å². The largest absolute Gasteiger partial charge is 0.368 e. The van der Waals surface area contributed by atoms with Crippen LogP contribution in [0.25, 0.3) is 0 Å². The Bertz CT molecular complexity index is 115. The molecule has 0 amide bonds. The second-order valence-corrected chi connectivity index (χ2v) is 2.83. The third kappa shape index (κ3) is 2.41. The van der Waals surface area contributed by atoms with Crippen LogP contribution in [0.5, 0.6) is 0 Å². The van der Waals surface area contributed by atoms with Crippen molar-refractivity contribution in [2.75, 3.05) is 6.61 Å². The number of ether oxygens (including phenoxy) is 1. The molecule has 11 heavy (non-hydrogen) atoms. The molecule has 0 aliphatic carbocycles. The second kappa shape index (κ2) is 4.01. The summed E-state index contributed by atoms with van der Waals surface area (Å²) in [7, 11) is 0. The maximum Gasteiger partial charge on any atom is 0.162 e. The average Bonchev–Trinajstić information content (AvgIpc) is 2.13. The smallest absolute Gasteiger partial charge is 0.162 e. The maximum absolute atomic E-state index is 9.18. The van der Waals surface area contributed by atoms with Crippen LogP contribution in [0.15, 0.2) is 0 Å². The van der Waals surface area contributed by atoms with Gasteiger partial charge in [0.15, 0.2) is 12.6 Å². The highest BCUT2D eigenvalue weighted by Crippen LogP contribution is 2.20. The molecule has 4 nitrogen and oxygen atoms in total. The number of aliphatic hydroxyl groups excluding tert-OH is 2. The first kappa shape index (κ1) is 8.93. The molecule has 66 valence electrons. The van der Waals surface area contributed by atoms with Gasteiger partial charge in [-0.05, 0) is 12.8 Å². The third-order valence-electron chi connectivity index (χ3n) is 1.97. The van der Waals surface area contributed by atoms with Gasteiger partial charge in [0.2, 0.25) is 0 Å². The molecule has 0 aromatic carbocycles. The molecule has 0 spiro atoms. The van der Waals surface area contributed by atoms with Crippen LogP contribution in [0, 0.1) is 5.92 Å². The summed E-state index contributed by atoms with van der Waals surface area (Å²) in [6, 6.07) is 0. The first-order valence-electron chi connectivity index (χ1n) is 3.87. The molecule has 1 heterocycles. The molecule has 1 aliphatic heterocycles. The highest BCUT2D eigenvalue weighted by molar-refractivity contribution is 4.66. The van der Waals surface area contributed by atoms with Gasteiger partial charge in [0.25, 0.3) is 0 Å². The summed E-state index contributed by atoms with van der Waals surface area (Å²) in [5.74, 6) is -0.544. The van der Waals surface area contributed by atoms with Crippen molar-refractivity contribution in [3.8, 4) is 0 Å². The van der Waals surface area contributed by atoms with Gasteiger partial charge in [-0.3, -0.25) is 0 Å². The quantitative estimate of drug-likeness (QED) is 0.452. The van der Waals surface area contributed by atoms with E-state index >= 15 is 0 Å². The topological polar surface area (TPSA) is 69.9 Å². The van der Waals surface area contributed by atoms with E-state index in [9.17, 15) is 5.11 Å². The van der Waals surface area contributed by atoms with Crippen LogP contribution in [0.4, 0.5) is 0 Å². The van der Waals surface area contributed by atoms with E-state index < -0.39 is 18.5 Å². The first-order valence-corrected chi connectivity index (χ1v) is 3.87. The van der Waals surface area contributed by atoms with Crippen molar-refractivity contribution >= 4 is 0 Å². The van der Waals surface area contributed by atoms with E-state index in [0.717, 1.165) is 12.8 Å². The van der Waals surface area contributed by atoms with Gasteiger partial charge in [-0.15, -0.1) is 0 Å². The van der Waals surface area contributed by atoms with Crippen LogP contribution in [0.3, 0.4) is 0 Å². The van der Waals surface area contributed by atoms with E-state index in [4.69, 9.17) is 14.9 Å². The Morgan fingerprint density at radius 3 is 2.64 bits per heavy atom. The van der Waals surface area contributed by atoms with Crippen molar-refractivity contribution in [2.24, 2.45) is 5.92 Å². The summed E-state index contributed by atoms with van der Waals surface area (Å²) in [4.78, 5) is 0. The number of hydrogen-bond donors (Lipinski definition) is 3. The molecule has 2 unspecified atom stereocenters. The molecule has 1 saturated heterocycles. The SMILES string of the molecule is OC(O)C1CCCCOC1O. The fourth-order valence-corrected chi connectivity index (χ4v) is 1.25. The summed E-state index contributed by atoms with van der Waals surface area (Å²) in [5.41, 5.74) is 0. The Labute approximate surface area is 65.4 Å². The average molecular weight is 162 g/mol. The molecule has 0 aromatic heterocycles. The zero-order valence-electron chi connectivity index (χ0n) is 6.31. The van der Waals surface area contributed by atoms with Crippen molar-refractivity contribution < 1.29 is 20.1 Å². The monoisotopic (exact) mass is 162 g/mol. The molecule has 1 aliphatic rings. The lowest BCUT2D eigenvalue weighted by Crippen LogP contribution is -2.32. The summed E-state index contributed by atoms with van der Waals surface area (Å²) in [6.45, 7) is 0.504. The van der Waals surface area contributed by atoms with Gasteiger partial charge in [0, 0.05) is 6.61 Å². The molecule has 4 heteroatoms. The lowest BCUT2D eigenvalue weighted by Gasteiger charge is -2.21. The molecular formula is C7H14O4. The van der Waals surface area contributed by atoms with Gasteiger partial charge < -0.3 is 20.1 Å². The molecule has 0 radical (unpaired) electrons. The van der Waals surface area contributed by atoms with Crippen molar-refractivity contribution in [3.63, 3.8) is 0 Å². The molecule has 3 N–H and O–H groups in total. The molecule has 0 aromatic rings. The fourth-order valence-electron chi connectivity index (χ4n) is 1.25. The van der Waals surface area contributed by atoms with Gasteiger partial charge in [-0.1, -0.05) is 6.42 Å². The highest BCUT2D eigenvalue weighted by atomic mass is 16.6. The second-order valence-electron chi connectivity index (χ2n) is 2.83. The van der Waals surface area contributed by atoms with Crippen LogP contribution in [0.1, 0.15) is 19.3 Å². The Hall–Kier alpha value is -0.160. The summed E-state index contributed by atoms with van der Waals surface area (Å²) in [6.07, 6.45) is -0.126. The van der Waals surface area contributed by atoms with Crippen molar-refractivity contribution in [2.45, 2.75) is 31.8 Å². The number of rotatable bonds is 1. The van der Waals surface area contributed by atoms with E-state index in [1.165, 1.54) is 0 Å². The van der Waals surface area contributed by atoms with Gasteiger partial charge in [-0.2, -0.15) is 0 Å².